The first-order chi connectivity index (χ1) is 9.62. The van der Waals surface area contributed by atoms with Crippen LogP contribution >= 0.6 is 0 Å². The summed E-state index contributed by atoms with van der Waals surface area (Å²) in [6.45, 7) is 6.98. The molecule has 1 saturated heterocycles. The van der Waals surface area contributed by atoms with Crippen LogP contribution in [0.2, 0.25) is 0 Å². The van der Waals surface area contributed by atoms with E-state index in [9.17, 15) is 0 Å². The Balaban J connectivity index is 1.56. The summed E-state index contributed by atoms with van der Waals surface area (Å²) in [5.74, 6) is 3.06. The fourth-order valence-electron chi connectivity index (χ4n) is 3.51. The number of piperidine rings is 1. The summed E-state index contributed by atoms with van der Waals surface area (Å²) in [5.41, 5.74) is 0.498. The van der Waals surface area contributed by atoms with E-state index in [2.05, 4.69) is 29.3 Å². The quantitative estimate of drug-likeness (QED) is 0.921. The van der Waals surface area contributed by atoms with E-state index in [1.807, 2.05) is 0 Å². The summed E-state index contributed by atoms with van der Waals surface area (Å²) < 4.78 is 5.49. The number of nitrogens with one attached hydrogen (secondary N) is 1. The van der Waals surface area contributed by atoms with Crippen LogP contribution in [0, 0.1) is 11.3 Å². The van der Waals surface area contributed by atoms with Gasteiger partial charge in [-0.15, -0.1) is 0 Å². The SMILES string of the molecule is CC1(C)CCC(c2noc(CC3CCNCC3)n2)CC1. The van der Waals surface area contributed by atoms with Gasteiger partial charge in [-0.1, -0.05) is 19.0 Å². The van der Waals surface area contributed by atoms with Gasteiger partial charge in [-0.3, -0.25) is 0 Å². The summed E-state index contributed by atoms with van der Waals surface area (Å²) in [4.78, 5) is 4.68. The molecule has 2 heterocycles. The summed E-state index contributed by atoms with van der Waals surface area (Å²) in [5, 5.41) is 7.65. The smallest absolute Gasteiger partial charge is 0.226 e. The fourth-order valence-corrected chi connectivity index (χ4v) is 3.51. The monoisotopic (exact) mass is 277 g/mol. The maximum absolute atomic E-state index is 5.49. The van der Waals surface area contributed by atoms with E-state index in [1.54, 1.807) is 0 Å². The highest BCUT2D eigenvalue weighted by molar-refractivity contribution is 4.99. The van der Waals surface area contributed by atoms with E-state index < -0.39 is 0 Å². The van der Waals surface area contributed by atoms with Crippen LogP contribution in [-0.2, 0) is 6.42 Å². The molecular weight excluding hydrogens is 250 g/mol. The molecule has 4 nitrogen and oxygen atoms in total. The zero-order chi connectivity index (χ0) is 14.0. The zero-order valence-corrected chi connectivity index (χ0v) is 12.8. The fraction of sp³-hybridized carbons (Fsp3) is 0.875. The van der Waals surface area contributed by atoms with Gasteiger partial charge in [0.2, 0.25) is 5.89 Å². The first-order valence-corrected chi connectivity index (χ1v) is 8.16. The van der Waals surface area contributed by atoms with E-state index in [4.69, 9.17) is 4.52 Å². The van der Waals surface area contributed by atoms with E-state index in [0.717, 1.165) is 37.1 Å². The minimum atomic E-state index is 0.498. The molecule has 0 atom stereocenters. The van der Waals surface area contributed by atoms with Crippen molar-refractivity contribution in [3.8, 4) is 0 Å². The van der Waals surface area contributed by atoms with E-state index in [0.29, 0.717) is 11.3 Å². The molecule has 0 radical (unpaired) electrons. The van der Waals surface area contributed by atoms with Crippen molar-refractivity contribution in [3.05, 3.63) is 11.7 Å². The molecule has 1 aliphatic heterocycles. The number of hydrogen-bond donors (Lipinski definition) is 1. The molecule has 1 aliphatic carbocycles. The van der Waals surface area contributed by atoms with Gasteiger partial charge in [0.15, 0.2) is 5.82 Å². The van der Waals surface area contributed by atoms with Crippen LogP contribution in [0.3, 0.4) is 0 Å². The lowest BCUT2D eigenvalue weighted by atomic mass is 9.73. The number of hydrogen-bond acceptors (Lipinski definition) is 4. The number of rotatable bonds is 3. The molecule has 0 bridgehead atoms. The summed E-state index contributed by atoms with van der Waals surface area (Å²) in [6.07, 6.45) is 8.39. The van der Waals surface area contributed by atoms with Gasteiger partial charge in [0.25, 0.3) is 0 Å². The average molecular weight is 277 g/mol. The van der Waals surface area contributed by atoms with Crippen molar-refractivity contribution < 1.29 is 4.52 Å². The largest absolute Gasteiger partial charge is 0.339 e. The third-order valence-electron chi connectivity index (χ3n) is 5.11. The van der Waals surface area contributed by atoms with Crippen LogP contribution in [0.1, 0.15) is 70.0 Å². The topological polar surface area (TPSA) is 51.0 Å². The van der Waals surface area contributed by atoms with Crippen molar-refractivity contribution in [2.45, 2.75) is 64.7 Å². The Labute approximate surface area is 121 Å². The second-order valence-electron chi connectivity index (χ2n) is 7.38. The normalized spacial score (nSPS) is 24.9. The molecule has 4 heteroatoms. The van der Waals surface area contributed by atoms with Crippen molar-refractivity contribution in [3.63, 3.8) is 0 Å². The first kappa shape index (κ1) is 14.1. The lowest BCUT2D eigenvalue weighted by Crippen LogP contribution is -2.28. The van der Waals surface area contributed by atoms with Gasteiger partial charge >= 0.3 is 0 Å². The average Bonchev–Trinajstić information content (AvgIpc) is 2.88. The second kappa shape index (κ2) is 5.84. The van der Waals surface area contributed by atoms with Gasteiger partial charge in [-0.05, 0) is 62.9 Å². The molecule has 20 heavy (non-hydrogen) atoms. The Morgan fingerprint density at radius 3 is 2.55 bits per heavy atom. The second-order valence-corrected chi connectivity index (χ2v) is 7.38. The molecule has 3 rings (SSSR count). The van der Waals surface area contributed by atoms with Gasteiger partial charge < -0.3 is 9.84 Å². The van der Waals surface area contributed by atoms with Crippen molar-refractivity contribution in [1.82, 2.24) is 15.5 Å². The molecule has 1 aromatic rings. The lowest BCUT2D eigenvalue weighted by molar-refractivity contribution is 0.218. The number of aromatic nitrogens is 2. The molecule has 1 aromatic heterocycles. The molecule has 2 fully saturated rings. The predicted octanol–water partition coefficient (Wildman–Crippen LogP) is 3.30. The molecular formula is C16H27N3O. The Kier molecular flexibility index (Phi) is 4.11. The highest BCUT2D eigenvalue weighted by atomic mass is 16.5. The molecule has 2 aliphatic rings. The lowest BCUT2D eigenvalue weighted by Gasteiger charge is -2.32. The van der Waals surface area contributed by atoms with Crippen LogP contribution in [0.15, 0.2) is 4.52 Å². The van der Waals surface area contributed by atoms with Gasteiger partial charge in [0.1, 0.15) is 0 Å². The van der Waals surface area contributed by atoms with E-state index in [-0.39, 0.29) is 0 Å². The Hall–Kier alpha value is -0.900. The molecule has 1 N–H and O–H groups in total. The van der Waals surface area contributed by atoms with Crippen molar-refractivity contribution in [2.75, 3.05) is 13.1 Å². The minimum absolute atomic E-state index is 0.498. The zero-order valence-electron chi connectivity index (χ0n) is 12.8. The van der Waals surface area contributed by atoms with Crippen molar-refractivity contribution in [1.29, 1.82) is 0 Å². The standard InChI is InChI=1S/C16H27N3O/c1-16(2)7-3-13(4-8-16)15-18-14(20-19-15)11-12-5-9-17-10-6-12/h12-13,17H,3-11H2,1-2H3. The summed E-state index contributed by atoms with van der Waals surface area (Å²) >= 11 is 0. The van der Waals surface area contributed by atoms with Gasteiger partial charge in [0.05, 0.1) is 0 Å². The summed E-state index contributed by atoms with van der Waals surface area (Å²) in [6, 6.07) is 0. The van der Waals surface area contributed by atoms with Gasteiger partial charge in [0, 0.05) is 12.3 Å². The Bertz CT molecular complexity index is 425. The Morgan fingerprint density at radius 2 is 1.85 bits per heavy atom. The van der Waals surface area contributed by atoms with Crippen LogP contribution in [0.5, 0.6) is 0 Å². The van der Waals surface area contributed by atoms with Crippen molar-refractivity contribution >= 4 is 0 Å². The van der Waals surface area contributed by atoms with Gasteiger partial charge in [-0.2, -0.15) is 4.98 Å². The third kappa shape index (κ3) is 3.40. The molecule has 0 unspecified atom stereocenters. The van der Waals surface area contributed by atoms with Crippen LogP contribution in [0.4, 0.5) is 0 Å². The molecule has 112 valence electrons. The molecule has 1 saturated carbocycles. The summed E-state index contributed by atoms with van der Waals surface area (Å²) in [7, 11) is 0. The first-order valence-electron chi connectivity index (χ1n) is 8.16. The Morgan fingerprint density at radius 1 is 1.15 bits per heavy atom. The minimum Gasteiger partial charge on any atom is -0.339 e. The maximum atomic E-state index is 5.49. The van der Waals surface area contributed by atoms with Gasteiger partial charge in [-0.25, -0.2) is 0 Å². The number of nitrogens with zero attached hydrogens (tertiary/aromatic N) is 2. The van der Waals surface area contributed by atoms with Crippen LogP contribution < -0.4 is 5.32 Å². The molecule has 0 amide bonds. The van der Waals surface area contributed by atoms with Crippen LogP contribution in [0.25, 0.3) is 0 Å². The van der Waals surface area contributed by atoms with E-state index in [1.165, 1.54) is 38.5 Å². The molecule has 0 spiro atoms. The van der Waals surface area contributed by atoms with Crippen LogP contribution in [-0.4, -0.2) is 23.2 Å². The predicted molar refractivity (Wildman–Crippen MR) is 78.6 cm³/mol. The highest BCUT2D eigenvalue weighted by Crippen LogP contribution is 2.41. The maximum Gasteiger partial charge on any atom is 0.226 e. The highest BCUT2D eigenvalue weighted by Gasteiger charge is 2.30. The van der Waals surface area contributed by atoms with Crippen molar-refractivity contribution in [2.24, 2.45) is 11.3 Å². The van der Waals surface area contributed by atoms with E-state index >= 15 is 0 Å². The molecule has 0 aromatic carbocycles. The third-order valence-corrected chi connectivity index (χ3v) is 5.11.